The summed E-state index contributed by atoms with van der Waals surface area (Å²) >= 11 is 1.38. The van der Waals surface area contributed by atoms with Crippen molar-refractivity contribution in [2.75, 3.05) is 38.6 Å². The molecule has 18 nitrogen and oxygen atoms in total. The highest BCUT2D eigenvalue weighted by Gasteiger charge is 2.19. The van der Waals surface area contributed by atoms with E-state index in [1.54, 1.807) is 0 Å². The number of hydrazone groups is 1. The van der Waals surface area contributed by atoms with Crippen LogP contribution in [0.1, 0.15) is 52.0 Å². The van der Waals surface area contributed by atoms with Gasteiger partial charge in [0.05, 0.1) is 47.2 Å². The second kappa shape index (κ2) is 26.6. The summed E-state index contributed by atoms with van der Waals surface area (Å²) in [6, 6.07) is 23.8. The Hall–Kier alpha value is -8.16. The van der Waals surface area contributed by atoms with Gasteiger partial charge in [-0.2, -0.15) is 5.10 Å². The van der Waals surface area contributed by atoms with Crippen LogP contribution in [-0.4, -0.2) is 86.5 Å². The third kappa shape index (κ3) is 17.1. The largest absolute Gasteiger partial charge is 0.487 e. The van der Waals surface area contributed by atoms with Crippen LogP contribution < -0.4 is 24.4 Å². The van der Waals surface area contributed by atoms with Crippen molar-refractivity contribution in [3.63, 3.8) is 0 Å². The van der Waals surface area contributed by atoms with Gasteiger partial charge in [-0.1, -0.05) is 43.2 Å². The first-order valence-electron chi connectivity index (χ1n) is 20.4. The van der Waals surface area contributed by atoms with Crippen LogP contribution in [0.15, 0.2) is 134 Å². The lowest BCUT2D eigenvalue weighted by Gasteiger charge is -2.19. The molecule has 348 valence electrons. The fraction of sp³-hybridized carbons (Fsp3) is 0.208. The number of benzene rings is 4. The molecule has 19 heteroatoms. The molecule has 4 aromatic carbocycles. The van der Waals surface area contributed by atoms with E-state index in [1.807, 2.05) is 24.3 Å². The average molecular weight is 936 g/mol. The smallest absolute Gasteiger partial charge is 0.343 e. The van der Waals surface area contributed by atoms with E-state index in [1.165, 1.54) is 84.3 Å². The summed E-state index contributed by atoms with van der Waals surface area (Å²) in [6.07, 6.45) is 4.86. The van der Waals surface area contributed by atoms with Crippen molar-refractivity contribution in [3.05, 3.63) is 146 Å². The Morgan fingerprint density at radius 1 is 0.672 bits per heavy atom. The minimum Gasteiger partial charge on any atom is -0.487 e. The predicted molar refractivity (Wildman–Crippen MR) is 244 cm³/mol. The van der Waals surface area contributed by atoms with E-state index in [4.69, 9.17) is 42.6 Å². The molecule has 0 spiro atoms. The lowest BCUT2D eigenvalue weighted by molar-refractivity contribution is -0.186. The van der Waals surface area contributed by atoms with Crippen LogP contribution in [0, 0.1) is 0 Å². The number of unbranched alkanes of at least 4 members (excludes halogenated alkanes) is 2. The summed E-state index contributed by atoms with van der Waals surface area (Å²) in [4.78, 5) is 77.4. The topological polar surface area (TPSA) is 223 Å². The van der Waals surface area contributed by atoms with Gasteiger partial charge in [0.2, 0.25) is 18.2 Å². The van der Waals surface area contributed by atoms with Crippen molar-refractivity contribution in [2.45, 2.75) is 32.0 Å². The Labute approximate surface area is 388 Å². The molecule has 67 heavy (non-hydrogen) atoms. The van der Waals surface area contributed by atoms with E-state index in [-0.39, 0.29) is 67.8 Å². The molecule has 1 N–H and O–H groups in total. The number of aromatic nitrogens is 1. The first kappa shape index (κ1) is 49.8. The van der Waals surface area contributed by atoms with Gasteiger partial charge >= 0.3 is 35.8 Å². The number of nitrogens with one attached hydrogen (secondary N) is 1. The van der Waals surface area contributed by atoms with Gasteiger partial charge < -0.3 is 42.6 Å². The Bertz CT molecular complexity index is 2520. The average Bonchev–Trinajstić information content (AvgIpc) is 3.76. The van der Waals surface area contributed by atoms with Crippen molar-refractivity contribution in [2.24, 2.45) is 5.10 Å². The summed E-state index contributed by atoms with van der Waals surface area (Å²) in [5.74, 6) is -3.14. The first-order chi connectivity index (χ1) is 32.5. The Morgan fingerprint density at radius 3 is 1.97 bits per heavy atom. The number of anilines is 1. The van der Waals surface area contributed by atoms with Crippen molar-refractivity contribution in [1.82, 2.24) is 4.98 Å². The number of carbonyl (C=O) groups is 6. The molecule has 1 unspecified atom stereocenters. The highest BCUT2D eigenvalue weighted by molar-refractivity contribution is 7.22. The van der Waals surface area contributed by atoms with Crippen LogP contribution in [0.2, 0.25) is 0 Å². The summed E-state index contributed by atoms with van der Waals surface area (Å²) in [6.45, 7) is 9.59. The zero-order chi connectivity index (χ0) is 47.8. The molecule has 0 bridgehead atoms. The molecular weight excluding hydrogens is 891 g/mol. The minimum absolute atomic E-state index is 0.0810. The van der Waals surface area contributed by atoms with Gasteiger partial charge in [0, 0.05) is 23.8 Å². The molecule has 1 atom stereocenters. The molecule has 0 saturated carbocycles. The van der Waals surface area contributed by atoms with E-state index >= 15 is 0 Å². The van der Waals surface area contributed by atoms with Crippen LogP contribution >= 0.6 is 11.3 Å². The van der Waals surface area contributed by atoms with Crippen molar-refractivity contribution in [3.8, 4) is 23.0 Å². The lowest BCUT2D eigenvalue weighted by atomic mass is 10.2. The zero-order valence-corrected chi connectivity index (χ0v) is 36.8. The van der Waals surface area contributed by atoms with Crippen LogP contribution in [0.3, 0.4) is 0 Å². The van der Waals surface area contributed by atoms with Crippen molar-refractivity contribution in [1.29, 1.82) is 0 Å². The normalized spacial score (nSPS) is 11.1. The van der Waals surface area contributed by atoms with E-state index in [9.17, 15) is 28.8 Å². The maximum absolute atomic E-state index is 13.5. The molecule has 0 aliphatic heterocycles. The summed E-state index contributed by atoms with van der Waals surface area (Å²) < 4.78 is 49.3. The summed E-state index contributed by atoms with van der Waals surface area (Å²) in [5.41, 5.74) is 4.27. The van der Waals surface area contributed by atoms with Gasteiger partial charge in [0.1, 0.15) is 29.6 Å². The van der Waals surface area contributed by atoms with E-state index < -0.39 is 42.1 Å². The monoisotopic (exact) mass is 935 g/mol. The van der Waals surface area contributed by atoms with Crippen molar-refractivity contribution >= 4 is 68.7 Å². The van der Waals surface area contributed by atoms with Crippen LogP contribution in [0.25, 0.3) is 10.2 Å². The first-order valence-corrected chi connectivity index (χ1v) is 21.2. The number of para-hydroxylation sites is 1. The van der Waals surface area contributed by atoms with Gasteiger partial charge in [-0.3, -0.25) is 10.2 Å². The number of hydrogen-bond acceptors (Lipinski definition) is 19. The molecule has 0 amide bonds. The molecule has 0 radical (unpaired) electrons. The zero-order valence-electron chi connectivity index (χ0n) is 36.0. The van der Waals surface area contributed by atoms with E-state index in [2.05, 4.69) is 35.2 Å². The molecule has 5 rings (SSSR count). The minimum atomic E-state index is -1.14. The molecule has 1 aromatic heterocycles. The quantitative estimate of drug-likeness (QED) is 0.00785. The molecule has 0 aliphatic carbocycles. The fourth-order valence-electron chi connectivity index (χ4n) is 5.38. The second-order valence-corrected chi connectivity index (χ2v) is 14.5. The highest BCUT2D eigenvalue weighted by Crippen LogP contribution is 2.28. The lowest BCUT2D eigenvalue weighted by Crippen LogP contribution is -2.29. The molecule has 0 fully saturated rings. The van der Waals surface area contributed by atoms with Gasteiger partial charge in [-0.05, 0) is 98.1 Å². The number of carbonyl (C=O) groups excluding carboxylic acids is 6. The maximum Gasteiger partial charge on any atom is 0.343 e. The standard InChI is InChI=1S/C48H45N3O15S/c1-4-41(52)58-25-10-7-11-26-60-45(66-44(55)24-27-59-42(53)5-2)30-61-35-18-14-33(15-19-35)47(57)65-39-23-22-37(28-34(39)29-49-51-48-50-38-12-8-9-13-40(38)67-48)64-46(56)32-16-20-36(21-17-32)62-31-63-43(54)6-3/h4-6,8-9,12-23,28-29,45H,1-3,7,10-11,24-27,30-31H2,(H,50,51). The SMILES string of the molecule is C=CC(=O)OCCCCCOC(COc1ccc(C(=O)Oc2ccc(OC(=O)c3ccc(OCOC(=O)C=C)cc3)cc2C=NNc2nc3ccccc3s2)cc1)OC(=O)CCOC(=O)C=C. The Kier molecular flexibility index (Phi) is 19.8. The molecular formula is C48H45N3O15S. The Morgan fingerprint density at radius 2 is 1.28 bits per heavy atom. The molecule has 5 aromatic rings. The second-order valence-electron chi connectivity index (χ2n) is 13.5. The van der Waals surface area contributed by atoms with Crippen LogP contribution in [0.5, 0.6) is 23.0 Å². The molecule has 1 heterocycles. The van der Waals surface area contributed by atoms with E-state index in [0.29, 0.717) is 35.9 Å². The predicted octanol–water partition coefficient (Wildman–Crippen LogP) is 7.53. The number of fused-ring (bicyclic) bond motifs is 1. The fourth-order valence-corrected chi connectivity index (χ4v) is 6.20. The van der Waals surface area contributed by atoms with Gasteiger partial charge in [0.15, 0.2) is 6.61 Å². The molecule has 0 aliphatic rings. The van der Waals surface area contributed by atoms with Gasteiger partial charge in [-0.15, -0.1) is 0 Å². The van der Waals surface area contributed by atoms with Crippen LogP contribution in [-0.2, 0) is 42.9 Å². The Balaban J connectivity index is 1.22. The summed E-state index contributed by atoms with van der Waals surface area (Å²) in [7, 11) is 0. The maximum atomic E-state index is 13.5. The highest BCUT2D eigenvalue weighted by atomic mass is 32.1. The third-order valence-electron chi connectivity index (χ3n) is 8.70. The number of ether oxygens (including phenoxy) is 9. The number of thiazole rings is 1. The van der Waals surface area contributed by atoms with Crippen LogP contribution in [0.4, 0.5) is 5.13 Å². The molecule has 0 saturated heterocycles. The van der Waals surface area contributed by atoms with E-state index in [0.717, 1.165) is 28.4 Å². The number of nitrogens with zero attached hydrogens (tertiary/aromatic N) is 2. The van der Waals surface area contributed by atoms with Gasteiger partial charge in [0.25, 0.3) is 0 Å². The number of hydrogen-bond donors (Lipinski definition) is 1. The third-order valence-corrected chi connectivity index (χ3v) is 9.64. The summed E-state index contributed by atoms with van der Waals surface area (Å²) in [5, 5.41) is 4.81. The number of esters is 6. The number of rotatable bonds is 27. The van der Waals surface area contributed by atoms with Gasteiger partial charge in [-0.25, -0.2) is 29.0 Å². The van der Waals surface area contributed by atoms with Crippen molar-refractivity contribution < 1.29 is 71.4 Å².